The zero-order valence-corrected chi connectivity index (χ0v) is 18.2. The first-order valence-electron chi connectivity index (χ1n) is 10.7. The molecule has 0 bridgehead atoms. The molecule has 1 saturated heterocycles. The van der Waals surface area contributed by atoms with Gasteiger partial charge in [-0.3, -0.25) is 29.4 Å². The van der Waals surface area contributed by atoms with Crippen molar-refractivity contribution in [1.29, 1.82) is 0 Å². The standard InChI is InChI=1S/C24H21N8O2/c1-29(25)22-17-6-2-4-8-19(17)23(20-9-5-3-7-18(20)22)32(14-21-26-10-12-30(21)15-33)28-24-27-11-13-31(24)16-34/h1-9,14-16H,10-13H2,(H,27,28). The first-order valence-corrected chi connectivity index (χ1v) is 10.7. The van der Waals surface area contributed by atoms with Crippen molar-refractivity contribution in [2.45, 2.75) is 0 Å². The van der Waals surface area contributed by atoms with Gasteiger partial charge in [0, 0.05) is 41.2 Å². The number of nitrogens with one attached hydrogen (secondary N) is 1. The number of nitrogens with zero attached hydrogens (tertiary/aromatic N) is 7. The maximum atomic E-state index is 11.6. The van der Waals surface area contributed by atoms with Crippen LogP contribution in [0.3, 0.4) is 0 Å². The number of carbonyl (C=O) groups excluding carboxylic acids is 2. The predicted octanol–water partition coefficient (Wildman–Crippen LogP) is 1.62. The molecule has 5 rings (SSSR count). The van der Waals surface area contributed by atoms with Crippen molar-refractivity contribution in [3.63, 3.8) is 0 Å². The number of fused-ring (bicyclic) bond motifs is 2. The van der Waals surface area contributed by atoms with Gasteiger partial charge in [-0.1, -0.05) is 48.5 Å². The van der Waals surface area contributed by atoms with Crippen molar-refractivity contribution in [2.75, 3.05) is 36.2 Å². The maximum absolute atomic E-state index is 11.6. The number of amidine groups is 1. The van der Waals surface area contributed by atoms with Crippen LogP contribution < -0.4 is 21.2 Å². The van der Waals surface area contributed by atoms with E-state index in [4.69, 9.17) is 12.1 Å². The first kappa shape index (κ1) is 21.7. The molecule has 0 saturated carbocycles. The van der Waals surface area contributed by atoms with Gasteiger partial charge < -0.3 is 5.32 Å². The topological polar surface area (TPSA) is 106 Å². The van der Waals surface area contributed by atoms with E-state index in [0.29, 0.717) is 65.1 Å². The lowest BCUT2D eigenvalue weighted by Crippen LogP contribution is -2.35. The number of carbonyl (C=O) groups is 2. The fourth-order valence-electron chi connectivity index (χ4n) is 4.32. The molecule has 2 amide bonds. The monoisotopic (exact) mass is 453 g/mol. The number of amides is 2. The largest absolute Gasteiger partial charge is 0.353 e. The smallest absolute Gasteiger partial charge is 0.223 e. The van der Waals surface area contributed by atoms with E-state index in [-0.39, 0.29) is 0 Å². The molecule has 3 aromatic rings. The Morgan fingerprint density at radius 3 is 2.09 bits per heavy atom. The lowest BCUT2D eigenvalue weighted by atomic mass is 9.97. The van der Waals surface area contributed by atoms with Gasteiger partial charge in [-0.05, 0) is 5.84 Å². The van der Waals surface area contributed by atoms with Crippen LogP contribution in [0.2, 0.25) is 0 Å². The lowest BCUT2D eigenvalue weighted by Gasteiger charge is -2.27. The predicted molar refractivity (Wildman–Crippen MR) is 130 cm³/mol. The molecular weight excluding hydrogens is 432 g/mol. The Morgan fingerprint density at radius 2 is 1.53 bits per heavy atom. The zero-order chi connectivity index (χ0) is 23.7. The molecule has 3 aromatic carbocycles. The van der Waals surface area contributed by atoms with E-state index in [0.717, 1.165) is 23.6 Å². The fourth-order valence-corrected chi connectivity index (χ4v) is 4.32. The molecule has 1 fully saturated rings. The first-order chi connectivity index (χ1) is 16.6. The molecule has 0 unspecified atom stereocenters. The average Bonchev–Trinajstić information content (AvgIpc) is 3.50. The van der Waals surface area contributed by atoms with Crippen LogP contribution in [0.5, 0.6) is 0 Å². The Kier molecular flexibility index (Phi) is 5.72. The summed E-state index contributed by atoms with van der Waals surface area (Å²) in [6.07, 6.45) is 1.45. The highest BCUT2D eigenvalue weighted by molar-refractivity contribution is 6.21. The summed E-state index contributed by atoms with van der Waals surface area (Å²) in [5.74, 6) is 11.1. The normalized spacial score (nSPS) is 16.8. The maximum Gasteiger partial charge on any atom is 0.223 e. The van der Waals surface area contributed by atoms with Crippen molar-refractivity contribution in [3.8, 4) is 0 Å². The van der Waals surface area contributed by atoms with Crippen LogP contribution in [0.4, 0.5) is 11.4 Å². The molecule has 0 aromatic heterocycles. The summed E-state index contributed by atoms with van der Waals surface area (Å²) in [6.45, 7) is 3.70. The summed E-state index contributed by atoms with van der Waals surface area (Å²) in [4.78, 5) is 30.6. The molecular formula is C24H21N8O2. The minimum absolute atomic E-state index is 0.377. The minimum atomic E-state index is 0.377. The summed E-state index contributed by atoms with van der Waals surface area (Å²) in [7, 11) is 5.83. The summed E-state index contributed by atoms with van der Waals surface area (Å²) in [6, 6.07) is 15.0. The third-order valence-corrected chi connectivity index (χ3v) is 5.84. The molecule has 0 atom stereocenters. The summed E-state index contributed by atoms with van der Waals surface area (Å²) >= 11 is 0. The van der Waals surface area contributed by atoms with Crippen molar-refractivity contribution >= 4 is 57.5 Å². The van der Waals surface area contributed by atoms with Gasteiger partial charge in [-0.15, -0.1) is 5.10 Å². The van der Waals surface area contributed by atoms with E-state index >= 15 is 0 Å². The summed E-state index contributed by atoms with van der Waals surface area (Å²) in [5.41, 5.74) is 1.13. The lowest BCUT2D eigenvalue weighted by molar-refractivity contribution is -0.115. The highest BCUT2D eigenvalue weighted by Crippen LogP contribution is 2.43. The van der Waals surface area contributed by atoms with Gasteiger partial charge in [0.05, 0.1) is 25.0 Å². The highest BCUT2D eigenvalue weighted by atomic mass is 16.1. The third kappa shape index (κ3) is 3.67. The van der Waals surface area contributed by atoms with Gasteiger partial charge in [-0.2, -0.15) is 0 Å². The Labute approximate surface area is 196 Å². The molecule has 1 N–H and O–H groups in total. The second-order valence-electron chi connectivity index (χ2n) is 7.79. The Hall–Kier alpha value is -4.18. The van der Waals surface area contributed by atoms with Crippen LogP contribution >= 0.6 is 0 Å². The van der Waals surface area contributed by atoms with Crippen LogP contribution in [-0.4, -0.2) is 60.6 Å². The van der Waals surface area contributed by atoms with Crippen molar-refractivity contribution in [3.05, 3.63) is 62.1 Å². The zero-order valence-electron chi connectivity index (χ0n) is 18.2. The van der Waals surface area contributed by atoms with E-state index in [1.54, 1.807) is 11.6 Å². The number of hydrogen-bond donors (Lipinski definition) is 1. The van der Waals surface area contributed by atoms with Gasteiger partial charge in [0.2, 0.25) is 18.8 Å². The number of benzene rings is 3. The van der Waals surface area contributed by atoms with Crippen LogP contribution in [0.1, 0.15) is 0 Å². The van der Waals surface area contributed by atoms with Gasteiger partial charge >= 0.3 is 0 Å². The number of aliphatic imine (C=N–C) groups is 1. The minimum Gasteiger partial charge on any atom is -0.353 e. The number of guanidine groups is 1. The van der Waals surface area contributed by atoms with Crippen molar-refractivity contribution in [2.24, 2.45) is 10.1 Å². The molecule has 169 valence electrons. The van der Waals surface area contributed by atoms with Crippen molar-refractivity contribution < 1.29 is 9.59 Å². The van der Waals surface area contributed by atoms with Gasteiger partial charge in [0.15, 0.2) is 0 Å². The van der Waals surface area contributed by atoms with Crippen molar-refractivity contribution in [1.82, 2.24) is 21.0 Å². The fraction of sp³-hybridized carbons (Fsp3) is 0.167. The molecule has 2 heterocycles. The van der Waals surface area contributed by atoms with Crippen LogP contribution in [0.15, 0.2) is 58.6 Å². The average molecular weight is 453 g/mol. The van der Waals surface area contributed by atoms with Crippen LogP contribution in [0.25, 0.3) is 21.5 Å². The van der Waals surface area contributed by atoms with Gasteiger partial charge in [0.25, 0.3) is 0 Å². The third-order valence-electron chi connectivity index (χ3n) is 5.84. The molecule has 10 nitrogen and oxygen atoms in total. The van der Waals surface area contributed by atoms with Gasteiger partial charge in [0.1, 0.15) is 12.4 Å². The van der Waals surface area contributed by atoms with E-state index in [1.165, 1.54) is 9.80 Å². The summed E-state index contributed by atoms with van der Waals surface area (Å²) in [5, 5.41) is 13.0. The molecule has 10 heteroatoms. The summed E-state index contributed by atoms with van der Waals surface area (Å²) < 4.78 is 0. The Bertz CT molecular complexity index is 1260. The number of anilines is 2. The molecule has 0 spiro atoms. The quantitative estimate of drug-likeness (QED) is 0.192. The van der Waals surface area contributed by atoms with E-state index in [1.807, 2.05) is 48.5 Å². The number of rotatable bonds is 7. The van der Waals surface area contributed by atoms with E-state index in [9.17, 15) is 15.4 Å². The SMILES string of the molecule is [CH]N([N])c1c2ccccc2c(N([CH]C2=NCCN2C=O)N=C2NCCN2C=O)c2ccccc12. The van der Waals surface area contributed by atoms with E-state index < -0.39 is 0 Å². The van der Waals surface area contributed by atoms with Crippen LogP contribution in [-0.2, 0) is 9.59 Å². The second-order valence-corrected chi connectivity index (χ2v) is 7.79. The molecule has 34 heavy (non-hydrogen) atoms. The Balaban J connectivity index is 1.78. The molecule has 2 aliphatic rings. The Morgan fingerprint density at radius 1 is 0.941 bits per heavy atom. The number of hydrogen-bond acceptors (Lipinski definition) is 6. The van der Waals surface area contributed by atoms with Crippen LogP contribution in [0, 0.1) is 13.6 Å². The van der Waals surface area contributed by atoms with Gasteiger partial charge in [-0.25, -0.2) is 5.01 Å². The van der Waals surface area contributed by atoms with E-state index in [2.05, 4.69) is 10.3 Å². The highest BCUT2D eigenvalue weighted by Gasteiger charge is 2.27. The molecule has 0 aliphatic carbocycles. The number of hydrazone groups is 1. The molecule has 2 aliphatic heterocycles. The second kappa shape index (κ2) is 8.99. The molecule has 5 radical (unpaired) electrons.